The average molecular weight is 206 g/mol. The van der Waals surface area contributed by atoms with Crippen molar-refractivity contribution in [1.29, 1.82) is 0 Å². The van der Waals surface area contributed by atoms with Gasteiger partial charge in [-0.15, -0.1) is 0 Å². The number of hydrogen-bond donors (Lipinski definition) is 1. The summed E-state index contributed by atoms with van der Waals surface area (Å²) in [7, 11) is -3.26. The lowest BCUT2D eigenvalue weighted by Gasteiger charge is -2.28. The Bertz CT molecular complexity index is 191. The molecule has 0 heterocycles. The van der Waals surface area contributed by atoms with E-state index < -0.39 is 7.60 Å². The minimum absolute atomic E-state index is 0.0173. The first-order chi connectivity index (χ1) is 6.01. The smallest absolute Gasteiger partial charge is 0.324 e. The van der Waals surface area contributed by atoms with Crippen LogP contribution in [0.3, 0.4) is 0 Å². The zero-order valence-corrected chi connectivity index (χ0v) is 9.30. The van der Waals surface area contributed by atoms with Gasteiger partial charge in [-0.1, -0.05) is 13.3 Å². The van der Waals surface area contributed by atoms with Gasteiger partial charge >= 0.3 is 7.60 Å². The van der Waals surface area contributed by atoms with Crippen LogP contribution in [-0.4, -0.2) is 17.7 Å². The Labute approximate surface area is 80.0 Å². The molecule has 13 heavy (non-hydrogen) atoms. The van der Waals surface area contributed by atoms with E-state index >= 15 is 0 Å². The van der Waals surface area contributed by atoms with E-state index in [4.69, 9.17) is 9.42 Å². The zero-order valence-electron chi connectivity index (χ0n) is 8.40. The molecular weight excluding hydrogens is 187 g/mol. The van der Waals surface area contributed by atoms with Crippen molar-refractivity contribution >= 4 is 7.60 Å². The van der Waals surface area contributed by atoms with Crippen molar-refractivity contribution < 1.29 is 14.0 Å². The largest absolute Gasteiger partial charge is 0.325 e. The fraction of sp³-hybridized carbons (Fsp3) is 1.00. The second kappa shape index (κ2) is 4.59. The number of hydrogen-bond acceptors (Lipinski definition) is 2. The second-order valence-electron chi connectivity index (χ2n) is 3.96. The minimum atomic E-state index is -3.26. The maximum atomic E-state index is 11.0. The van der Waals surface area contributed by atoms with E-state index in [1.54, 1.807) is 0 Å². The highest BCUT2D eigenvalue weighted by Crippen LogP contribution is 2.42. The Kier molecular flexibility index (Phi) is 3.96. The molecule has 1 unspecified atom stereocenters. The highest BCUT2D eigenvalue weighted by atomic mass is 31.2. The van der Waals surface area contributed by atoms with E-state index in [0.29, 0.717) is 0 Å². The summed E-state index contributed by atoms with van der Waals surface area (Å²) in [6.45, 7) is 3.46. The third-order valence-corrected chi connectivity index (χ3v) is 3.41. The molecule has 1 fully saturated rings. The van der Waals surface area contributed by atoms with Crippen molar-refractivity contribution in [1.82, 2.24) is 0 Å². The van der Waals surface area contributed by atoms with Gasteiger partial charge in [-0.3, -0.25) is 4.57 Å². The molecule has 0 spiro atoms. The molecule has 0 amide bonds. The first kappa shape index (κ1) is 11.2. The lowest BCUT2D eigenvalue weighted by molar-refractivity contribution is 0.116. The van der Waals surface area contributed by atoms with E-state index in [-0.39, 0.29) is 6.10 Å². The molecule has 3 nitrogen and oxygen atoms in total. The third kappa shape index (κ3) is 4.26. The van der Waals surface area contributed by atoms with Gasteiger partial charge in [-0.2, -0.15) is 0 Å². The summed E-state index contributed by atoms with van der Waals surface area (Å²) >= 11 is 0. The first-order valence-corrected chi connectivity index (χ1v) is 7.02. The van der Waals surface area contributed by atoms with E-state index in [0.717, 1.165) is 31.6 Å². The fourth-order valence-corrected chi connectivity index (χ4v) is 2.69. The summed E-state index contributed by atoms with van der Waals surface area (Å²) in [5, 5.41) is 0. The van der Waals surface area contributed by atoms with Crippen LogP contribution in [0.2, 0.25) is 0 Å². The standard InChI is InChI=1S/C9H19O3P/c1-3-8-4-6-9(7-5-8)12-13(2,10)11/h8-9H,3-7H2,1-2H3,(H,10,11). The van der Waals surface area contributed by atoms with Crippen LogP contribution in [0.5, 0.6) is 0 Å². The molecule has 1 aliphatic rings. The van der Waals surface area contributed by atoms with E-state index in [9.17, 15) is 4.57 Å². The van der Waals surface area contributed by atoms with Crippen molar-refractivity contribution in [2.75, 3.05) is 6.66 Å². The van der Waals surface area contributed by atoms with Gasteiger partial charge in [0.15, 0.2) is 0 Å². The normalized spacial score (nSPS) is 34.1. The second-order valence-corrected chi connectivity index (χ2v) is 5.78. The average Bonchev–Trinajstić information content (AvgIpc) is 2.03. The molecule has 78 valence electrons. The number of rotatable bonds is 3. The van der Waals surface area contributed by atoms with Crippen molar-refractivity contribution in [3.63, 3.8) is 0 Å². The Morgan fingerprint density at radius 3 is 2.31 bits per heavy atom. The molecule has 1 saturated carbocycles. The van der Waals surface area contributed by atoms with Crippen LogP contribution >= 0.6 is 7.60 Å². The predicted octanol–water partition coefficient (Wildman–Crippen LogP) is 2.79. The van der Waals surface area contributed by atoms with Gasteiger partial charge in [-0.05, 0) is 31.6 Å². The van der Waals surface area contributed by atoms with Gasteiger partial charge in [-0.25, -0.2) is 0 Å². The monoisotopic (exact) mass is 206 g/mol. The zero-order chi connectivity index (χ0) is 9.90. The molecule has 0 aromatic heterocycles. The first-order valence-electron chi connectivity index (χ1n) is 5.00. The summed E-state index contributed by atoms with van der Waals surface area (Å²) in [4.78, 5) is 9.03. The molecule has 1 N–H and O–H groups in total. The lowest BCUT2D eigenvalue weighted by atomic mass is 9.86. The minimum Gasteiger partial charge on any atom is -0.324 e. The van der Waals surface area contributed by atoms with Gasteiger partial charge < -0.3 is 9.42 Å². The van der Waals surface area contributed by atoms with E-state index in [2.05, 4.69) is 6.92 Å². The van der Waals surface area contributed by atoms with Gasteiger partial charge in [0.25, 0.3) is 0 Å². The molecule has 1 atom stereocenters. The fourth-order valence-electron chi connectivity index (χ4n) is 1.92. The van der Waals surface area contributed by atoms with Crippen molar-refractivity contribution in [3.8, 4) is 0 Å². The van der Waals surface area contributed by atoms with Gasteiger partial charge in [0, 0.05) is 6.66 Å². The van der Waals surface area contributed by atoms with Crippen LogP contribution in [-0.2, 0) is 9.09 Å². The Hall–Kier alpha value is 0.150. The molecule has 0 bridgehead atoms. The highest BCUT2D eigenvalue weighted by molar-refractivity contribution is 7.51. The van der Waals surface area contributed by atoms with Gasteiger partial charge in [0.1, 0.15) is 0 Å². The summed E-state index contributed by atoms with van der Waals surface area (Å²) < 4.78 is 16.0. The lowest BCUT2D eigenvalue weighted by Crippen LogP contribution is -2.20. The summed E-state index contributed by atoms with van der Waals surface area (Å²) in [5.74, 6) is 0.801. The van der Waals surface area contributed by atoms with Crippen molar-refractivity contribution in [2.45, 2.75) is 45.1 Å². The molecule has 1 rings (SSSR count). The molecule has 0 aromatic carbocycles. The Balaban J connectivity index is 2.29. The molecule has 0 radical (unpaired) electrons. The molecule has 1 aliphatic carbocycles. The quantitative estimate of drug-likeness (QED) is 0.722. The molecule has 0 aromatic rings. The SMILES string of the molecule is CCC1CCC(OP(C)(=O)O)CC1. The van der Waals surface area contributed by atoms with Crippen LogP contribution in [0.1, 0.15) is 39.0 Å². The van der Waals surface area contributed by atoms with Crippen molar-refractivity contribution in [3.05, 3.63) is 0 Å². The van der Waals surface area contributed by atoms with E-state index in [1.807, 2.05) is 0 Å². The molecule has 0 saturated heterocycles. The summed E-state index contributed by atoms with van der Waals surface area (Å²) in [6, 6.07) is 0. The van der Waals surface area contributed by atoms with Crippen LogP contribution in [0.15, 0.2) is 0 Å². The van der Waals surface area contributed by atoms with Gasteiger partial charge in [0.2, 0.25) is 0 Å². The maximum Gasteiger partial charge on any atom is 0.325 e. The highest BCUT2D eigenvalue weighted by Gasteiger charge is 2.24. The maximum absolute atomic E-state index is 11.0. The molecular formula is C9H19O3P. The third-order valence-electron chi connectivity index (χ3n) is 2.72. The predicted molar refractivity (Wildman–Crippen MR) is 52.9 cm³/mol. The van der Waals surface area contributed by atoms with Crippen LogP contribution < -0.4 is 0 Å². The topological polar surface area (TPSA) is 46.5 Å². The van der Waals surface area contributed by atoms with Gasteiger partial charge in [0.05, 0.1) is 6.10 Å². The molecule has 0 aliphatic heterocycles. The van der Waals surface area contributed by atoms with Crippen LogP contribution in [0.4, 0.5) is 0 Å². The summed E-state index contributed by atoms with van der Waals surface area (Å²) in [5.41, 5.74) is 0. The Morgan fingerprint density at radius 1 is 1.38 bits per heavy atom. The Morgan fingerprint density at radius 2 is 1.92 bits per heavy atom. The van der Waals surface area contributed by atoms with Crippen LogP contribution in [0, 0.1) is 5.92 Å². The molecule has 4 heteroatoms. The van der Waals surface area contributed by atoms with E-state index in [1.165, 1.54) is 13.1 Å². The van der Waals surface area contributed by atoms with Crippen LogP contribution in [0.25, 0.3) is 0 Å². The summed E-state index contributed by atoms with van der Waals surface area (Å²) in [6.07, 6.45) is 5.40. The van der Waals surface area contributed by atoms with Crippen molar-refractivity contribution in [2.24, 2.45) is 5.92 Å².